The van der Waals surface area contributed by atoms with E-state index < -0.39 is 8.25 Å². The van der Waals surface area contributed by atoms with Crippen LogP contribution in [0.1, 0.15) is 46.0 Å². The van der Waals surface area contributed by atoms with Gasteiger partial charge >= 0.3 is 8.25 Å². The van der Waals surface area contributed by atoms with Crippen molar-refractivity contribution in [2.24, 2.45) is 0 Å². The molecule has 0 bridgehead atoms. The Labute approximate surface area is 81.8 Å². The van der Waals surface area contributed by atoms with Crippen LogP contribution in [0.15, 0.2) is 0 Å². The second-order valence-electron chi connectivity index (χ2n) is 3.17. The van der Waals surface area contributed by atoms with Crippen LogP contribution in [0.2, 0.25) is 0 Å². The standard InChI is InChI=1S/C9H20O3P/c1-4-5-6-7-8-9(2)12-13(10)11-3/h9H,4-8H2,1-3H3/q+1. The van der Waals surface area contributed by atoms with Crippen LogP contribution in [-0.4, -0.2) is 13.2 Å². The van der Waals surface area contributed by atoms with E-state index in [1.807, 2.05) is 6.92 Å². The Kier molecular flexibility index (Phi) is 8.62. The molecule has 0 amide bonds. The molecule has 0 radical (unpaired) electrons. The lowest BCUT2D eigenvalue weighted by atomic mass is 10.1. The highest BCUT2D eigenvalue weighted by molar-refractivity contribution is 7.33. The molecule has 2 unspecified atom stereocenters. The molecule has 0 aliphatic heterocycles. The van der Waals surface area contributed by atoms with Crippen LogP contribution in [0.3, 0.4) is 0 Å². The van der Waals surface area contributed by atoms with Crippen molar-refractivity contribution in [3.8, 4) is 0 Å². The molecular formula is C9H20O3P+. The fraction of sp³-hybridized carbons (Fsp3) is 1.00. The van der Waals surface area contributed by atoms with Gasteiger partial charge in [0.1, 0.15) is 6.10 Å². The third-order valence-electron chi connectivity index (χ3n) is 1.88. The van der Waals surface area contributed by atoms with E-state index in [4.69, 9.17) is 4.52 Å². The maximum absolute atomic E-state index is 10.8. The van der Waals surface area contributed by atoms with Gasteiger partial charge in [0.25, 0.3) is 0 Å². The van der Waals surface area contributed by atoms with Crippen molar-refractivity contribution in [1.82, 2.24) is 0 Å². The van der Waals surface area contributed by atoms with Crippen LogP contribution in [0, 0.1) is 0 Å². The highest BCUT2D eigenvalue weighted by Crippen LogP contribution is 2.26. The predicted octanol–water partition coefficient (Wildman–Crippen LogP) is 3.67. The number of rotatable bonds is 8. The first-order valence-corrected chi connectivity index (χ1v) is 5.98. The Morgan fingerprint density at radius 3 is 2.54 bits per heavy atom. The molecule has 0 saturated heterocycles. The summed E-state index contributed by atoms with van der Waals surface area (Å²) in [5.41, 5.74) is 0. The molecule has 3 nitrogen and oxygen atoms in total. The van der Waals surface area contributed by atoms with Gasteiger partial charge in [-0.15, -0.1) is 9.05 Å². The summed E-state index contributed by atoms with van der Waals surface area (Å²) < 4.78 is 20.4. The zero-order chi connectivity index (χ0) is 10.1. The monoisotopic (exact) mass is 207 g/mol. The van der Waals surface area contributed by atoms with Crippen molar-refractivity contribution >= 4 is 8.25 Å². The Morgan fingerprint density at radius 2 is 2.00 bits per heavy atom. The normalized spacial score (nSPS) is 14.2. The molecule has 0 rings (SSSR count). The van der Waals surface area contributed by atoms with Gasteiger partial charge in [-0.05, 0) is 13.3 Å². The van der Waals surface area contributed by atoms with Gasteiger partial charge in [-0.1, -0.05) is 32.6 Å². The summed E-state index contributed by atoms with van der Waals surface area (Å²) in [5.74, 6) is 0. The molecule has 0 fully saturated rings. The van der Waals surface area contributed by atoms with E-state index in [1.165, 1.54) is 26.4 Å². The third kappa shape index (κ3) is 8.35. The van der Waals surface area contributed by atoms with E-state index in [-0.39, 0.29) is 6.10 Å². The summed E-state index contributed by atoms with van der Waals surface area (Å²) in [4.78, 5) is 0. The number of unbranched alkanes of at least 4 members (excludes halogenated alkanes) is 3. The Balaban J connectivity index is 3.29. The van der Waals surface area contributed by atoms with Crippen LogP contribution in [-0.2, 0) is 13.6 Å². The smallest absolute Gasteiger partial charge is 0.122 e. The second-order valence-corrected chi connectivity index (χ2v) is 4.19. The highest BCUT2D eigenvalue weighted by Gasteiger charge is 2.21. The van der Waals surface area contributed by atoms with Gasteiger partial charge in [-0.25, -0.2) is 0 Å². The Hall–Kier alpha value is 0.0200. The van der Waals surface area contributed by atoms with Crippen molar-refractivity contribution in [1.29, 1.82) is 0 Å². The Bertz CT molecular complexity index is 139. The maximum atomic E-state index is 10.8. The van der Waals surface area contributed by atoms with Crippen molar-refractivity contribution < 1.29 is 13.6 Å². The lowest BCUT2D eigenvalue weighted by Gasteiger charge is -2.02. The minimum Gasteiger partial charge on any atom is -0.122 e. The minimum absolute atomic E-state index is 0.0421. The van der Waals surface area contributed by atoms with E-state index in [0.29, 0.717) is 0 Å². The molecule has 0 aromatic carbocycles. The third-order valence-corrected chi connectivity index (χ3v) is 2.71. The zero-order valence-electron chi connectivity index (χ0n) is 8.78. The quantitative estimate of drug-likeness (QED) is 0.450. The predicted molar refractivity (Wildman–Crippen MR) is 53.9 cm³/mol. The summed E-state index contributed by atoms with van der Waals surface area (Å²) in [5, 5.41) is 0. The van der Waals surface area contributed by atoms with Gasteiger partial charge in [0.15, 0.2) is 0 Å². The van der Waals surface area contributed by atoms with Crippen LogP contribution in [0.4, 0.5) is 0 Å². The van der Waals surface area contributed by atoms with Gasteiger partial charge in [-0.3, -0.25) is 0 Å². The first-order chi connectivity index (χ1) is 6.20. The molecule has 78 valence electrons. The van der Waals surface area contributed by atoms with Crippen LogP contribution < -0.4 is 0 Å². The first kappa shape index (κ1) is 13.0. The molecule has 0 aliphatic carbocycles. The second kappa shape index (κ2) is 8.61. The van der Waals surface area contributed by atoms with Crippen LogP contribution >= 0.6 is 8.25 Å². The van der Waals surface area contributed by atoms with Crippen LogP contribution in [0.5, 0.6) is 0 Å². The maximum Gasteiger partial charge on any atom is 0.697 e. The zero-order valence-corrected chi connectivity index (χ0v) is 9.68. The molecule has 0 aliphatic rings. The molecule has 0 N–H and O–H groups in total. The summed E-state index contributed by atoms with van der Waals surface area (Å²) >= 11 is 0. The van der Waals surface area contributed by atoms with Gasteiger partial charge in [0.05, 0.1) is 7.11 Å². The molecule has 4 heteroatoms. The van der Waals surface area contributed by atoms with Gasteiger partial charge in [0.2, 0.25) is 0 Å². The van der Waals surface area contributed by atoms with E-state index in [0.717, 1.165) is 12.8 Å². The molecule has 0 aromatic heterocycles. The molecule has 0 spiro atoms. The molecule has 13 heavy (non-hydrogen) atoms. The van der Waals surface area contributed by atoms with Crippen molar-refractivity contribution in [3.63, 3.8) is 0 Å². The molecule has 0 aromatic rings. The van der Waals surface area contributed by atoms with Crippen molar-refractivity contribution in [2.75, 3.05) is 7.11 Å². The summed E-state index contributed by atoms with van der Waals surface area (Å²) in [6.45, 7) is 4.11. The summed E-state index contributed by atoms with van der Waals surface area (Å²) in [6.07, 6.45) is 5.88. The molecular weight excluding hydrogens is 187 g/mol. The highest BCUT2D eigenvalue weighted by atomic mass is 31.1. The van der Waals surface area contributed by atoms with Crippen molar-refractivity contribution in [2.45, 2.75) is 52.1 Å². The average Bonchev–Trinajstić information content (AvgIpc) is 2.12. The molecule has 0 heterocycles. The summed E-state index contributed by atoms with van der Waals surface area (Å²) in [6, 6.07) is 0. The topological polar surface area (TPSA) is 35.5 Å². The average molecular weight is 207 g/mol. The minimum atomic E-state index is -1.89. The SMILES string of the molecule is CCCCCCC(C)O[P+](=O)OC. The fourth-order valence-electron chi connectivity index (χ4n) is 1.10. The van der Waals surface area contributed by atoms with Crippen molar-refractivity contribution in [3.05, 3.63) is 0 Å². The van der Waals surface area contributed by atoms with E-state index in [9.17, 15) is 4.57 Å². The van der Waals surface area contributed by atoms with E-state index >= 15 is 0 Å². The Morgan fingerprint density at radius 1 is 1.31 bits per heavy atom. The number of hydrogen-bond donors (Lipinski definition) is 0. The molecule has 0 saturated carbocycles. The lowest BCUT2D eigenvalue weighted by molar-refractivity contribution is 0.180. The van der Waals surface area contributed by atoms with Gasteiger partial charge < -0.3 is 0 Å². The van der Waals surface area contributed by atoms with Crippen LogP contribution in [0.25, 0.3) is 0 Å². The fourth-order valence-corrected chi connectivity index (χ4v) is 1.59. The largest absolute Gasteiger partial charge is 0.697 e. The van der Waals surface area contributed by atoms with E-state index in [1.54, 1.807) is 0 Å². The summed E-state index contributed by atoms with van der Waals surface area (Å²) in [7, 11) is -0.501. The first-order valence-electron chi connectivity index (χ1n) is 4.88. The lowest BCUT2D eigenvalue weighted by Crippen LogP contribution is -2.02. The van der Waals surface area contributed by atoms with Gasteiger partial charge in [0, 0.05) is 4.57 Å². The molecule has 2 atom stereocenters. The van der Waals surface area contributed by atoms with Gasteiger partial charge in [-0.2, -0.15) is 0 Å². The number of hydrogen-bond acceptors (Lipinski definition) is 3. The van der Waals surface area contributed by atoms with E-state index in [2.05, 4.69) is 11.4 Å².